The SMILES string of the molecule is Cc1ccccc1OCCCCOc1ccc2c3ccccc3n(CCC(=O)O)c2c1. The lowest BCUT2D eigenvalue weighted by atomic mass is 10.1. The number of hydrogen-bond donors (Lipinski definition) is 1. The Morgan fingerprint density at radius 3 is 2.39 bits per heavy atom. The molecule has 0 spiro atoms. The molecule has 0 bridgehead atoms. The number of para-hydroxylation sites is 2. The minimum absolute atomic E-state index is 0.0831. The van der Waals surface area contributed by atoms with Crippen LogP contribution in [0.15, 0.2) is 66.7 Å². The van der Waals surface area contributed by atoms with Crippen LogP contribution in [-0.4, -0.2) is 28.9 Å². The van der Waals surface area contributed by atoms with Gasteiger partial charge in [0.2, 0.25) is 0 Å². The van der Waals surface area contributed by atoms with Gasteiger partial charge in [0.25, 0.3) is 0 Å². The summed E-state index contributed by atoms with van der Waals surface area (Å²) in [5.74, 6) is 0.931. The van der Waals surface area contributed by atoms with Crippen molar-refractivity contribution in [3.05, 3.63) is 72.3 Å². The number of carbonyl (C=O) groups is 1. The summed E-state index contributed by atoms with van der Waals surface area (Å²) in [5, 5.41) is 11.4. The number of carboxylic acid groups (broad SMARTS) is 1. The first-order chi connectivity index (χ1) is 15.1. The molecule has 0 fully saturated rings. The Bertz CT molecular complexity index is 1190. The average molecular weight is 418 g/mol. The summed E-state index contributed by atoms with van der Waals surface area (Å²) in [7, 11) is 0. The van der Waals surface area contributed by atoms with Crippen molar-refractivity contribution in [3.63, 3.8) is 0 Å². The highest BCUT2D eigenvalue weighted by Crippen LogP contribution is 2.31. The van der Waals surface area contributed by atoms with Gasteiger partial charge in [-0.05, 0) is 49.6 Å². The van der Waals surface area contributed by atoms with Gasteiger partial charge < -0.3 is 19.1 Å². The third-order valence-corrected chi connectivity index (χ3v) is 5.45. The molecule has 5 nitrogen and oxygen atoms in total. The largest absolute Gasteiger partial charge is 0.494 e. The van der Waals surface area contributed by atoms with Gasteiger partial charge in [-0.3, -0.25) is 4.79 Å². The molecular formula is C26H27NO4. The van der Waals surface area contributed by atoms with E-state index < -0.39 is 5.97 Å². The normalized spacial score (nSPS) is 11.1. The smallest absolute Gasteiger partial charge is 0.305 e. The number of aliphatic carboxylic acids is 1. The van der Waals surface area contributed by atoms with E-state index in [-0.39, 0.29) is 6.42 Å². The quantitative estimate of drug-likeness (QED) is 0.331. The van der Waals surface area contributed by atoms with Crippen molar-refractivity contribution in [1.29, 1.82) is 0 Å². The standard InChI is InChI=1S/C26H27NO4/c1-19-8-2-5-11-25(19)31-17-7-6-16-30-20-12-13-22-21-9-3-4-10-23(21)27(24(22)18-20)15-14-26(28)29/h2-5,8-13,18H,6-7,14-17H2,1H3,(H,28,29). The molecule has 0 amide bonds. The first-order valence-electron chi connectivity index (χ1n) is 10.7. The number of aryl methyl sites for hydroxylation is 2. The Hall–Kier alpha value is -3.47. The second-order valence-electron chi connectivity index (χ2n) is 7.66. The molecule has 1 aromatic heterocycles. The number of aromatic nitrogens is 1. The van der Waals surface area contributed by atoms with Crippen molar-refractivity contribution in [1.82, 2.24) is 4.57 Å². The molecule has 0 aliphatic rings. The molecule has 160 valence electrons. The second kappa shape index (κ2) is 9.56. The molecule has 1 heterocycles. The predicted molar refractivity (Wildman–Crippen MR) is 123 cm³/mol. The van der Waals surface area contributed by atoms with Crippen molar-refractivity contribution >= 4 is 27.8 Å². The molecule has 0 atom stereocenters. The highest BCUT2D eigenvalue weighted by molar-refractivity contribution is 6.08. The third kappa shape index (κ3) is 4.82. The monoisotopic (exact) mass is 417 g/mol. The maximum atomic E-state index is 11.1. The molecule has 31 heavy (non-hydrogen) atoms. The van der Waals surface area contributed by atoms with Crippen LogP contribution in [0.1, 0.15) is 24.8 Å². The summed E-state index contributed by atoms with van der Waals surface area (Å²) in [5.41, 5.74) is 3.19. The summed E-state index contributed by atoms with van der Waals surface area (Å²) in [6.07, 6.45) is 1.89. The van der Waals surface area contributed by atoms with Gasteiger partial charge in [-0.1, -0.05) is 36.4 Å². The van der Waals surface area contributed by atoms with Crippen LogP contribution in [0.3, 0.4) is 0 Å². The third-order valence-electron chi connectivity index (χ3n) is 5.45. The number of hydrogen-bond acceptors (Lipinski definition) is 3. The maximum absolute atomic E-state index is 11.1. The van der Waals surface area contributed by atoms with Gasteiger partial charge in [0, 0.05) is 28.9 Å². The number of fused-ring (bicyclic) bond motifs is 3. The van der Waals surface area contributed by atoms with Crippen molar-refractivity contribution < 1.29 is 19.4 Å². The van der Waals surface area contributed by atoms with Crippen LogP contribution >= 0.6 is 0 Å². The van der Waals surface area contributed by atoms with Gasteiger partial charge in [0.05, 0.1) is 25.2 Å². The Morgan fingerprint density at radius 1 is 0.871 bits per heavy atom. The van der Waals surface area contributed by atoms with Crippen LogP contribution in [-0.2, 0) is 11.3 Å². The molecule has 0 saturated heterocycles. The fraction of sp³-hybridized carbons (Fsp3) is 0.269. The van der Waals surface area contributed by atoms with E-state index in [1.54, 1.807) is 0 Å². The Balaban J connectivity index is 1.39. The average Bonchev–Trinajstić information content (AvgIpc) is 3.09. The van der Waals surface area contributed by atoms with Gasteiger partial charge in [-0.15, -0.1) is 0 Å². The van der Waals surface area contributed by atoms with Crippen molar-refractivity contribution in [2.45, 2.75) is 32.7 Å². The first-order valence-corrected chi connectivity index (χ1v) is 10.7. The summed E-state index contributed by atoms with van der Waals surface area (Å²) in [4.78, 5) is 11.1. The lowest BCUT2D eigenvalue weighted by Crippen LogP contribution is -2.05. The zero-order valence-electron chi connectivity index (χ0n) is 17.7. The molecule has 0 aliphatic carbocycles. The maximum Gasteiger partial charge on any atom is 0.305 e. The van der Waals surface area contributed by atoms with Crippen molar-refractivity contribution in [2.24, 2.45) is 0 Å². The lowest BCUT2D eigenvalue weighted by Gasteiger charge is -2.10. The van der Waals surface area contributed by atoms with Crippen LogP contribution in [0, 0.1) is 6.92 Å². The van der Waals surface area contributed by atoms with E-state index in [2.05, 4.69) is 16.7 Å². The van der Waals surface area contributed by atoms with Crippen LogP contribution in [0.5, 0.6) is 11.5 Å². The van der Waals surface area contributed by atoms with E-state index >= 15 is 0 Å². The van der Waals surface area contributed by atoms with E-state index in [4.69, 9.17) is 14.6 Å². The van der Waals surface area contributed by atoms with Crippen LogP contribution < -0.4 is 9.47 Å². The summed E-state index contributed by atoms with van der Waals surface area (Å²) < 4.78 is 13.9. The summed E-state index contributed by atoms with van der Waals surface area (Å²) in [6.45, 7) is 3.75. The van der Waals surface area contributed by atoms with Gasteiger partial charge in [0.1, 0.15) is 11.5 Å². The number of nitrogens with zero attached hydrogens (tertiary/aromatic N) is 1. The predicted octanol–water partition coefficient (Wildman–Crippen LogP) is 5.82. The number of unbranched alkanes of at least 4 members (excludes halogenated alkanes) is 1. The zero-order valence-corrected chi connectivity index (χ0v) is 17.7. The van der Waals surface area contributed by atoms with E-state index in [9.17, 15) is 4.79 Å². The van der Waals surface area contributed by atoms with Gasteiger partial charge in [0.15, 0.2) is 0 Å². The molecule has 4 aromatic rings. The fourth-order valence-corrected chi connectivity index (χ4v) is 3.86. The zero-order chi connectivity index (χ0) is 21.6. The van der Waals surface area contributed by atoms with Gasteiger partial charge in [-0.25, -0.2) is 0 Å². The highest BCUT2D eigenvalue weighted by atomic mass is 16.5. The summed E-state index contributed by atoms with van der Waals surface area (Å²) >= 11 is 0. The number of benzene rings is 3. The lowest BCUT2D eigenvalue weighted by molar-refractivity contribution is -0.137. The highest BCUT2D eigenvalue weighted by Gasteiger charge is 2.12. The molecule has 0 radical (unpaired) electrons. The molecular weight excluding hydrogens is 390 g/mol. The molecule has 5 heteroatoms. The van der Waals surface area contributed by atoms with Crippen molar-refractivity contribution in [3.8, 4) is 11.5 Å². The minimum Gasteiger partial charge on any atom is -0.494 e. The van der Waals surface area contributed by atoms with Crippen molar-refractivity contribution in [2.75, 3.05) is 13.2 Å². The second-order valence-corrected chi connectivity index (χ2v) is 7.66. The molecule has 0 unspecified atom stereocenters. The minimum atomic E-state index is -0.800. The molecule has 1 N–H and O–H groups in total. The van der Waals surface area contributed by atoms with E-state index in [1.807, 2.05) is 61.5 Å². The number of rotatable bonds is 10. The first kappa shape index (κ1) is 20.8. The number of ether oxygens (including phenoxy) is 2. The van der Waals surface area contributed by atoms with E-state index in [1.165, 1.54) is 0 Å². The van der Waals surface area contributed by atoms with Gasteiger partial charge in [-0.2, -0.15) is 0 Å². The Kier molecular flexibility index (Phi) is 6.41. The van der Waals surface area contributed by atoms with E-state index in [0.717, 1.165) is 51.7 Å². The molecule has 0 saturated carbocycles. The molecule has 3 aromatic carbocycles. The molecule has 0 aliphatic heterocycles. The van der Waals surface area contributed by atoms with E-state index in [0.29, 0.717) is 19.8 Å². The topological polar surface area (TPSA) is 60.7 Å². The number of carboxylic acids is 1. The Labute approximate surface area is 181 Å². The summed E-state index contributed by atoms with van der Waals surface area (Å²) in [6, 6.07) is 22.2. The van der Waals surface area contributed by atoms with Crippen LogP contribution in [0.25, 0.3) is 21.8 Å². The Morgan fingerprint density at radius 2 is 1.58 bits per heavy atom. The van der Waals surface area contributed by atoms with Crippen LogP contribution in [0.4, 0.5) is 0 Å². The fourth-order valence-electron chi connectivity index (χ4n) is 3.86. The van der Waals surface area contributed by atoms with Gasteiger partial charge >= 0.3 is 5.97 Å². The van der Waals surface area contributed by atoms with Crippen LogP contribution in [0.2, 0.25) is 0 Å². The molecule has 4 rings (SSSR count).